The minimum absolute atomic E-state index is 0.0211. The number of amides is 1. The lowest BCUT2D eigenvalue weighted by atomic mass is 9.95. The Kier molecular flexibility index (Phi) is 6.11. The summed E-state index contributed by atoms with van der Waals surface area (Å²) in [6.07, 6.45) is 4.89. The third-order valence-electron chi connectivity index (χ3n) is 7.31. The first-order valence-electron chi connectivity index (χ1n) is 12.6. The van der Waals surface area contributed by atoms with Crippen LogP contribution in [-0.2, 0) is 5.54 Å². The highest BCUT2D eigenvalue weighted by molar-refractivity contribution is 6.31. The lowest BCUT2D eigenvalue weighted by Crippen LogP contribution is -2.33. The van der Waals surface area contributed by atoms with Gasteiger partial charge in [-0.05, 0) is 56.7 Å². The van der Waals surface area contributed by atoms with Crippen LogP contribution in [0.5, 0.6) is 5.88 Å². The number of nitrogens with zero attached hydrogens (tertiary/aromatic N) is 6. The quantitative estimate of drug-likeness (QED) is 0.385. The average molecular weight is 548 g/mol. The minimum atomic E-state index is -0.643. The molecule has 1 saturated carbocycles. The van der Waals surface area contributed by atoms with Gasteiger partial charge < -0.3 is 15.4 Å². The van der Waals surface area contributed by atoms with Gasteiger partial charge >= 0.3 is 0 Å². The summed E-state index contributed by atoms with van der Waals surface area (Å²) >= 11 is 6.02. The van der Waals surface area contributed by atoms with E-state index < -0.39 is 11.4 Å². The zero-order valence-corrected chi connectivity index (χ0v) is 22.4. The average Bonchev–Trinajstić information content (AvgIpc) is 3.22. The maximum Gasteiger partial charge on any atom is 0.257 e. The zero-order valence-electron chi connectivity index (χ0n) is 21.7. The number of halogens is 2. The molecule has 3 aromatic heterocycles. The van der Waals surface area contributed by atoms with Gasteiger partial charge in [0.1, 0.15) is 11.9 Å². The molecule has 4 heterocycles. The number of hydrogen-bond donors (Lipinski definition) is 1. The van der Waals surface area contributed by atoms with Gasteiger partial charge in [-0.2, -0.15) is 5.10 Å². The number of pyridine rings is 1. The highest BCUT2D eigenvalue weighted by atomic mass is 35.5. The van der Waals surface area contributed by atoms with Crippen molar-refractivity contribution in [3.05, 3.63) is 82.6 Å². The van der Waals surface area contributed by atoms with Crippen LogP contribution in [0.25, 0.3) is 17.2 Å². The van der Waals surface area contributed by atoms with Gasteiger partial charge in [0, 0.05) is 60.7 Å². The van der Waals surface area contributed by atoms with Crippen molar-refractivity contribution >= 4 is 17.5 Å². The molecule has 2 unspecified atom stereocenters. The molecule has 0 radical (unpaired) electrons. The first-order chi connectivity index (χ1) is 18.6. The van der Waals surface area contributed by atoms with E-state index in [0.717, 1.165) is 5.56 Å². The van der Waals surface area contributed by atoms with Crippen molar-refractivity contribution in [2.45, 2.75) is 32.4 Å². The number of piperidine rings is 1. The van der Waals surface area contributed by atoms with Gasteiger partial charge in [0.15, 0.2) is 0 Å². The van der Waals surface area contributed by atoms with Gasteiger partial charge in [0.2, 0.25) is 11.8 Å². The van der Waals surface area contributed by atoms with Gasteiger partial charge in [0.05, 0.1) is 22.0 Å². The highest BCUT2D eigenvalue weighted by Gasteiger charge is 2.59. The summed E-state index contributed by atoms with van der Waals surface area (Å²) in [6, 6.07) is 9.92. The Balaban J connectivity index is 1.17. The third-order valence-corrected chi connectivity index (χ3v) is 7.60. The van der Waals surface area contributed by atoms with Crippen LogP contribution < -0.4 is 10.5 Å². The fraction of sp³-hybridized carbons (Fsp3) is 0.321. The largest absolute Gasteiger partial charge is 0.474 e. The van der Waals surface area contributed by atoms with Crippen molar-refractivity contribution in [3.63, 3.8) is 0 Å². The molecule has 11 heteroatoms. The van der Waals surface area contributed by atoms with Gasteiger partial charge in [-0.3, -0.25) is 4.79 Å². The summed E-state index contributed by atoms with van der Waals surface area (Å²) in [4.78, 5) is 28.2. The van der Waals surface area contributed by atoms with Crippen molar-refractivity contribution in [2.75, 3.05) is 13.1 Å². The van der Waals surface area contributed by atoms with Crippen molar-refractivity contribution in [1.82, 2.24) is 29.6 Å². The number of aryl methyl sites for hydroxylation is 1. The molecule has 2 aliphatic rings. The van der Waals surface area contributed by atoms with E-state index in [1.807, 2.05) is 30.9 Å². The molecular formula is C28H27ClFN7O2. The summed E-state index contributed by atoms with van der Waals surface area (Å²) in [5, 5.41) is 4.44. The fourth-order valence-electron chi connectivity index (χ4n) is 5.05. The van der Waals surface area contributed by atoms with Crippen molar-refractivity contribution < 1.29 is 13.9 Å². The second kappa shape index (κ2) is 9.39. The molecule has 2 N–H and O–H groups in total. The van der Waals surface area contributed by atoms with Crippen LogP contribution in [0, 0.1) is 24.6 Å². The molecule has 1 aliphatic heterocycles. The number of aromatic nitrogens is 5. The van der Waals surface area contributed by atoms with Crippen LogP contribution in [0.15, 0.2) is 55.0 Å². The van der Waals surface area contributed by atoms with E-state index >= 15 is 0 Å². The summed E-state index contributed by atoms with van der Waals surface area (Å²) in [7, 11) is 0. The van der Waals surface area contributed by atoms with E-state index in [4.69, 9.17) is 22.1 Å². The van der Waals surface area contributed by atoms with Crippen molar-refractivity contribution in [1.29, 1.82) is 0 Å². The van der Waals surface area contributed by atoms with Gasteiger partial charge in [-0.25, -0.2) is 24.0 Å². The van der Waals surface area contributed by atoms with Gasteiger partial charge in [-0.15, -0.1) is 0 Å². The molecule has 200 valence electrons. The third kappa shape index (κ3) is 4.86. The van der Waals surface area contributed by atoms with Crippen LogP contribution in [0.2, 0.25) is 5.02 Å². The SMILES string of the molecule is Cc1nn(-c2ncccn2)cc1C(=O)N1CC2C(C1)C2Oc1cc(C(C)(C)N)cc(-c2ccc(F)c(Cl)c2)n1. The number of ether oxygens (including phenoxy) is 1. The molecule has 1 aromatic carbocycles. The van der Waals surface area contributed by atoms with Crippen LogP contribution in [0.3, 0.4) is 0 Å². The Bertz CT molecular complexity index is 1560. The van der Waals surface area contributed by atoms with E-state index in [1.54, 1.807) is 43.7 Å². The molecule has 1 amide bonds. The van der Waals surface area contributed by atoms with Crippen LogP contribution >= 0.6 is 11.6 Å². The van der Waals surface area contributed by atoms with E-state index in [9.17, 15) is 9.18 Å². The number of rotatable bonds is 6. The number of likely N-dealkylation sites (tertiary alicyclic amines) is 1. The molecule has 0 bridgehead atoms. The standard InChI is InChI=1S/C28H27ClFN7O2/c1-15-18(14-37(35-15)27-32-7-4-8-33-27)26(38)36-12-19-20(13-36)25(19)39-24-11-17(28(2,3)31)10-23(34-24)16-5-6-22(30)21(29)9-16/h4-11,14,19-20,25H,12-13,31H2,1-3H3. The molecule has 1 aliphatic carbocycles. The Hall–Kier alpha value is -3.89. The minimum Gasteiger partial charge on any atom is -0.474 e. The fourth-order valence-corrected chi connectivity index (χ4v) is 5.23. The molecule has 1 saturated heterocycles. The van der Waals surface area contributed by atoms with Crippen LogP contribution in [0.1, 0.15) is 35.5 Å². The Labute approximate surface area is 229 Å². The Morgan fingerprint density at radius 2 is 1.87 bits per heavy atom. The maximum atomic E-state index is 13.7. The normalized spacial score (nSPS) is 20.2. The summed E-state index contributed by atoms with van der Waals surface area (Å²) in [5.74, 6) is 0.714. The smallest absolute Gasteiger partial charge is 0.257 e. The maximum absolute atomic E-state index is 13.7. The lowest BCUT2D eigenvalue weighted by molar-refractivity contribution is 0.0751. The predicted octanol–water partition coefficient (Wildman–Crippen LogP) is 4.17. The van der Waals surface area contributed by atoms with Crippen molar-refractivity contribution in [2.24, 2.45) is 17.6 Å². The van der Waals surface area contributed by atoms with E-state index in [0.29, 0.717) is 47.4 Å². The zero-order chi connectivity index (χ0) is 27.5. The Morgan fingerprint density at radius 3 is 2.54 bits per heavy atom. The number of benzene rings is 1. The predicted molar refractivity (Wildman–Crippen MR) is 143 cm³/mol. The van der Waals surface area contributed by atoms with Crippen LogP contribution in [-0.4, -0.2) is 54.7 Å². The van der Waals surface area contributed by atoms with E-state index in [1.165, 1.54) is 10.7 Å². The lowest BCUT2D eigenvalue weighted by Gasteiger charge is -2.22. The molecule has 2 atom stereocenters. The first-order valence-corrected chi connectivity index (χ1v) is 13.0. The summed E-state index contributed by atoms with van der Waals surface area (Å²) < 4.78 is 21.6. The van der Waals surface area contributed by atoms with Crippen molar-refractivity contribution in [3.8, 4) is 23.1 Å². The molecule has 9 nitrogen and oxygen atoms in total. The van der Waals surface area contributed by atoms with E-state index in [2.05, 4.69) is 20.1 Å². The second-order valence-corrected chi connectivity index (χ2v) is 11.1. The summed E-state index contributed by atoms with van der Waals surface area (Å²) in [6.45, 7) is 6.78. The monoisotopic (exact) mass is 547 g/mol. The van der Waals surface area contributed by atoms with Crippen LogP contribution in [0.4, 0.5) is 4.39 Å². The molecular weight excluding hydrogens is 521 g/mol. The highest BCUT2D eigenvalue weighted by Crippen LogP contribution is 2.48. The summed E-state index contributed by atoms with van der Waals surface area (Å²) in [5.41, 5.74) is 9.01. The van der Waals surface area contributed by atoms with Gasteiger partial charge in [-0.1, -0.05) is 11.6 Å². The first kappa shape index (κ1) is 25.4. The number of fused-ring (bicyclic) bond motifs is 1. The molecule has 0 spiro atoms. The molecule has 2 fully saturated rings. The second-order valence-electron chi connectivity index (χ2n) is 10.7. The molecule has 4 aromatic rings. The Morgan fingerprint density at radius 1 is 1.15 bits per heavy atom. The van der Waals surface area contributed by atoms with Gasteiger partial charge in [0.25, 0.3) is 5.91 Å². The number of nitrogens with two attached hydrogens (primary N) is 1. The molecule has 6 rings (SSSR count). The molecule has 39 heavy (non-hydrogen) atoms. The topological polar surface area (TPSA) is 112 Å². The number of carbonyl (C=O) groups excluding carboxylic acids is 1. The number of hydrogen-bond acceptors (Lipinski definition) is 7. The van der Waals surface area contributed by atoms with E-state index in [-0.39, 0.29) is 28.9 Å². The number of carbonyl (C=O) groups is 1.